The van der Waals surface area contributed by atoms with Crippen molar-refractivity contribution < 1.29 is 0 Å². The van der Waals surface area contributed by atoms with Gasteiger partial charge in [0, 0.05) is 29.8 Å². The average molecular weight is 266 g/mol. The van der Waals surface area contributed by atoms with Crippen LogP contribution in [0.4, 0.5) is 5.82 Å². The van der Waals surface area contributed by atoms with E-state index in [1.54, 1.807) is 6.20 Å². The molecule has 1 N–H and O–H groups in total. The molecule has 1 aliphatic rings. The fourth-order valence-electron chi connectivity index (χ4n) is 2.49. The fourth-order valence-corrected chi connectivity index (χ4v) is 2.49. The van der Waals surface area contributed by atoms with E-state index in [0.717, 1.165) is 36.3 Å². The highest BCUT2D eigenvalue weighted by molar-refractivity contribution is 5.49. The van der Waals surface area contributed by atoms with Gasteiger partial charge in [-0.25, -0.2) is 19.9 Å². The molecule has 0 spiro atoms. The number of nitriles is 1. The van der Waals surface area contributed by atoms with E-state index in [4.69, 9.17) is 5.26 Å². The van der Waals surface area contributed by atoms with Crippen LogP contribution in [0.5, 0.6) is 0 Å². The Kier molecular flexibility index (Phi) is 3.25. The maximum Gasteiger partial charge on any atom is 0.182 e. The van der Waals surface area contributed by atoms with Crippen LogP contribution in [0.1, 0.15) is 41.7 Å². The summed E-state index contributed by atoms with van der Waals surface area (Å²) in [5, 5.41) is 12.4. The van der Waals surface area contributed by atoms with Crippen molar-refractivity contribution in [2.24, 2.45) is 0 Å². The zero-order valence-corrected chi connectivity index (χ0v) is 11.2. The van der Waals surface area contributed by atoms with Crippen molar-refractivity contribution in [3.8, 4) is 6.07 Å². The first-order valence-electron chi connectivity index (χ1n) is 6.58. The molecule has 0 saturated carbocycles. The van der Waals surface area contributed by atoms with Crippen LogP contribution in [0.15, 0.2) is 18.6 Å². The third-order valence-corrected chi connectivity index (χ3v) is 3.42. The summed E-state index contributed by atoms with van der Waals surface area (Å²) in [5.74, 6) is 1.31. The van der Waals surface area contributed by atoms with Crippen LogP contribution in [-0.4, -0.2) is 19.9 Å². The number of nitrogens with zero attached hydrogens (tertiary/aromatic N) is 5. The molecule has 2 heterocycles. The number of nitrogens with one attached hydrogen (secondary N) is 1. The normalized spacial score (nSPS) is 17.1. The van der Waals surface area contributed by atoms with E-state index in [0.29, 0.717) is 11.5 Å². The van der Waals surface area contributed by atoms with Crippen LogP contribution >= 0.6 is 0 Å². The molecule has 2 aromatic heterocycles. The molecule has 0 saturated heterocycles. The van der Waals surface area contributed by atoms with E-state index in [-0.39, 0.29) is 6.04 Å². The van der Waals surface area contributed by atoms with Gasteiger partial charge in [0.25, 0.3) is 0 Å². The second-order valence-corrected chi connectivity index (χ2v) is 4.77. The summed E-state index contributed by atoms with van der Waals surface area (Å²) in [4.78, 5) is 17.0. The van der Waals surface area contributed by atoms with Crippen molar-refractivity contribution in [1.29, 1.82) is 5.26 Å². The molecule has 1 atom stereocenters. The van der Waals surface area contributed by atoms with Gasteiger partial charge < -0.3 is 5.32 Å². The van der Waals surface area contributed by atoms with Crippen LogP contribution in [0.2, 0.25) is 0 Å². The number of hydrogen-bond donors (Lipinski definition) is 1. The molecule has 0 radical (unpaired) electrons. The Morgan fingerprint density at radius 3 is 3.00 bits per heavy atom. The Bertz CT molecular complexity index is 676. The maximum atomic E-state index is 9.06. The largest absolute Gasteiger partial charge is 0.361 e. The highest BCUT2D eigenvalue weighted by Crippen LogP contribution is 2.31. The molecule has 100 valence electrons. The Hall–Kier alpha value is -2.55. The molecule has 0 bridgehead atoms. The summed E-state index contributed by atoms with van der Waals surface area (Å²) in [6, 6.07) is 2.14. The molecule has 0 aliphatic heterocycles. The van der Waals surface area contributed by atoms with E-state index in [1.807, 2.05) is 13.1 Å². The van der Waals surface area contributed by atoms with E-state index in [9.17, 15) is 0 Å². The Morgan fingerprint density at radius 2 is 2.15 bits per heavy atom. The third-order valence-electron chi connectivity index (χ3n) is 3.42. The Labute approximate surface area is 116 Å². The molecule has 2 aromatic rings. The van der Waals surface area contributed by atoms with Gasteiger partial charge in [0.1, 0.15) is 11.9 Å². The predicted molar refractivity (Wildman–Crippen MR) is 72.8 cm³/mol. The van der Waals surface area contributed by atoms with Crippen LogP contribution in [0, 0.1) is 18.3 Å². The summed E-state index contributed by atoms with van der Waals surface area (Å²) in [6.07, 6.45) is 7.98. The average Bonchev–Trinajstić information content (AvgIpc) is 2.47. The standard InChI is InChI=1S/C14H14N6/c1-9-18-8-10-11(19-9)3-2-4-12(10)20-14-13(7-15)16-5-6-17-14/h5-6,8,12H,2-4H2,1H3,(H,17,20). The molecule has 1 unspecified atom stereocenters. The lowest BCUT2D eigenvalue weighted by Crippen LogP contribution is -2.20. The third kappa shape index (κ3) is 2.30. The number of rotatable bonds is 2. The smallest absolute Gasteiger partial charge is 0.182 e. The predicted octanol–water partition coefficient (Wildman–Crippen LogP) is 1.94. The first-order chi connectivity index (χ1) is 9.78. The van der Waals surface area contributed by atoms with Crippen molar-refractivity contribution in [3.63, 3.8) is 0 Å². The molecule has 1 aliphatic carbocycles. The monoisotopic (exact) mass is 266 g/mol. The molecule has 20 heavy (non-hydrogen) atoms. The first-order valence-corrected chi connectivity index (χ1v) is 6.58. The highest BCUT2D eigenvalue weighted by Gasteiger charge is 2.23. The molecule has 6 heteroatoms. The van der Waals surface area contributed by atoms with Gasteiger partial charge in [-0.2, -0.15) is 5.26 Å². The Morgan fingerprint density at radius 1 is 1.30 bits per heavy atom. The van der Waals surface area contributed by atoms with Crippen LogP contribution in [0.25, 0.3) is 0 Å². The molecular formula is C14H14N6. The number of hydrogen-bond acceptors (Lipinski definition) is 6. The zero-order valence-electron chi connectivity index (χ0n) is 11.2. The zero-order chi connectivity index (χ0) is 13.9. The molecule has 6 nitrogen and oxygen atoms in total. The number of aryl methyl sites for hydroxylation is 2. The lowest BCUT2D eigenvalue weighted by atomic mass is 9.92. The molecule has 3 rings (SSSR count). The lowest BCUT2D eigenvalue weighted by molar-refractivity contribution is 0.580. The van der Waals surface area contributed by atoms with Gasteiger partial charge in [-0.1, -0.05) is 0 Å². The number of aromatic nitrogens is 4. The Balaban J connectivity index is 1.92. The first kappa shape index (κ1) is 12.5. The van der Waals surface area contributed by atoms with Crippen molar-refractivity contribution in [1.82, 2.24) is 19.9 Å². The van der Waals surface area contributed by atoms with Gasteiger partial charge in [-0.3, -0.25) is 0 Å². The fraction of sp³-hybridized carbons (Fsp3) is 0.357. The second-order valence-electron chi connectivity index (χ2n) is 4.77. The van der Waals surface area contributed by atoms with Crippen molar-refractivity contribution in [3.05, 3.63) is 41.4 Å². The van der Waals surface area contributed by atoms with E-state index < -0.39 is 0 Å². The van der Waals surface area contributed by atoms with E-state index >= 15 is 0 Å². The minimum atomic E-state index is 0.0862. The van der Waals surface area contributed by atoms with Crippen LogP contribution in [-0.2, 0) is 6.42 Å². The summed E-state index contributed by atoms with van der Waals surface area (Å²) in [6.45, 7) is 1.90. The van der Waals surface area contributed by atoms with Gasteiger partial charge in [0.2, 0.25) is 0 Å². The maximum absolute atomic E-state index is 9.06. The minimum Gasteiger partial charge on any atom is -0.361 e. The molecule has 0 fully saturated rings. The lowest BCUT2D eigenvalue weighted by Gasteiger charge is -2.25. The topological polar surface area (TPSA) is 87.4 Å². The molecule has 0 amide bonds. The van der Waals surface area contributed by atoms with E-state index in [1.165, 1.54) is 6.20 Å². The number of anilines is 1. The highest BCUT2D eigenvalue weighted by atomic mass is 15.0. The second kappa shape index (κ2) is 5.21. The van der Waals surface area contributed by atoms with Crippen molar-refractivity contribution >= 4 is 5.82 Å². The summed E-state index contributed by atoms with van der Waals surface area (Å²) < 4.78 is 0. The minimum absolute atomic E-state index is 0.0862. The van der Waals surface area contributed by atoms with Gasteiger partial charge in [0.05, 0.1) is 6.04 Å². The summed E-state index contributed by atoms with van der Waals surface area (Å²) >= 11 is 0. The van der Waals surface area contributed by atoms with Crippen molar-refractivity contribution in [2.45, 2.75) is 32.2 Å². The van der Waals surface area contributed by atoms with Gasteiger partial charge >= 0.3 is 0 Å². The quantitative estimate of drug-likeness (QED) is 0.893. The molecular weight excluding hydrogens is 252 g/mol. The summed E-state index contributed by atoms with van der Waals surface area (Å²) in [5.41, 5.74) is 2.49. The van der Waals surface area contributed by atoms with Gasteiger partial charge in [-0.15, -0.1) is 0 Å². The molecule has 0 aromatic carbocycles. The van der Waals surface area contributed by atoms with Gasteiger partial charge in [0.15, 0.2) is 11.5 Å². The van der Waals surface area contributed by atoms with E-state index in [2.05, 4.69) is 31.3 Å². The van der Waals surface area contributed by atoms with Crippen LogP contribution < -0.4 is 5.32 Å². The van der Waals surface area contributed by atoms with Crippen molar-refractivity contribution in [2.75, 3.05) is 5.32 Å². The van der Waals surface area contributed by atoms with Crippen LogP contribution in [0.3, 0.4) is 0 Å². The van der Waals surface area contributed by atoms with Gasteiger partial charge in [-0.05, 0) is 26.2 Å². The number of fused-ring (bicyclic) bond motifs is 1. The summed E-state index contributed by atoms with van der Waals surface area (Å²) in [7, 11) is 0. The SMILES string of the molecule is Cc1ncc2c(n1)CCCC2Nc1nccnc1C#N.